The highest BCUT2D eigenvalue weighted by Gasteiger charge is 2.36. The van der Waals surface area contributed by atoms with Gasteiger partial charge in [-0.1, -0.05) is 6.42 Å². The first-order valence-corrected chi connectivity index (χ1v) is 8.82. The Bertz CT molecular complexity index is 739. The van der Waals surface area contributed by atoms with Crippen LogP contribution in [-0.4, -0.2) is 46.9 Å². The Morgan fingerprint density at radius 1 is 1.29 bits per heavy atom. The third-order valence-corrected chi connectivity index (χ3v) is 5.59. The molecule has 2 fully saturated rings. The average Bonchev–Trinajstić information content (AvgIpc) is 3.23. The standard InChI is InChI=1S/C18H24N4O2/c23-13-18(5-3-6-18)12-19-17(24)15-11-20-22-9-4-14(10-16(15)22)21-7-1-2-8-21/h4,9-11,23H,1-3,5-8,12-13H2,(H,19,24). The molecule has 0 spiro atoms. The SMILES string of the molecule is O=C(NCC1(CO)CCC1)c1cnn2ccc(N3CCCC3)cc12. The Labute approximate surface area is 141 Å². The number of amides is 1. The molecule has 1 aliphatic carbocycles. The molecule has 1 saturated heterocycles. The Morgan fingerprint density at radius 2 is 2.08 bits per heavy atom. The van der Waals surface area contributed by atoms with Gasteiger partial charge in [-0.05, 0) is 37.8 Å². The highest BCUT2D eigenvalue weighted by Crippen LogP contribution is 2.39. The number of aliphatic hydroxyl groups excluding tert-OH is 1. The smallest absolute Gasteiger partial charge is 0.255 e. The summed E-state index contributed by atoms with van der Waals surface area (Å²) in [6.45, 7) is 2.82. The van der Waals surface area contributed by atoms with Gasteiger partial charge in [0.1, 0.15) is 0 Å². The largest absolute Gasteiger partial charge is 0.396 e. The predicted molar refractivity (Wildman–Crippen MR) is 92.3 cm³/mol. The normalized spacial score (nSPS) is 19.5. The molecule has 1 aliphatic heterocycles. The van der Waals surface area contributed by atoms with Crippen molar-refractivity contribution >= 4 is 17.1 Å². The Kier molecular flexibility index (Phi) is 3.92. The molecular formula is C18H24N4O2. The second-order valence-electron chi connectivity index (χ2n) is 7.16. The monoisotopic (exact) mass is 328 g/mol. The van der Waals surface area contributed by atoms with Crippen LogP contribution < -0.4 is 10.2 Å². The molecule has 0 radical (unpaired) electrons. The summed E-state index contributed by atoms with van der Waals surface area (Å²) in [4.78, 5) is 14.9. The second-order valence-corrected chi connectivity index (χ2v) is 7.16. The van der Waals surface area contributed by atoms with Gasteiger partial charge >= 0.3 is 0 Å². The van der Waals surface area contributed by atoms with Gasteiger partial charge in [0, 0.05) is 36.9 Å². The summed E-state index contributed by atoms with van der Waals surface area (Å²) in [5.74, 6) is -0.108. The van der Waals surface area contributed by atoms with Gasteiger partial charge < -0.3 is 15.3 Å². The van der Waals surface area contributed by atoms with Crippen LogP contribution in [0.1, 0.15) is 42.5 Å². The molecule has 4 rings (SSSR count). The van der Waals surface area contributed by atoms with Crippen LogP contribution in [-0.2, 0) is 0 Å². The summed E-state index contributed by atoms with van der Waals surface area (Å²) < 4.78 is 1.75. The maximum absolute atomic E-state index is 12.6. The molecule has 0 atom stereocenters. The molecule has 24 heavy (non-hydrogen) atoms. The minimum atomic E-state index is -0.112. The van der Waals surface area contributed by atoms with Gasteiger partial charge in [0.15, 0.2) is 0 Å². The maximum atomic E-state index is 12.6. The molecule has 6 nitrogen and oxygen atoms in total. The number of carbonyl (C=O) groups is 1. The highest BCUT2D eigenvalue weighted by molar-refractivity contribution is 6.01. The quantitative estimate of drug-likeness (QED) is 0.878. The molecule has 2 aromatic rings. The number of pyridine rings is 1. The van der Waals surface area contributed by atoms with Crippen LogP contribution in [0.25, 0.3) is 5.52 Å². The summed E-state index contributed by atoms with van der Waals surface area (Å²) in [6.07, 6.45) is 9.09. The number of fused-ring (bicyclic) bond motifs is 1. The number of aliphatic hydroxyl groups is 1. The van der Waals surface area contributed by atoms with Crippen molar-refractivity contribution in [2.45, 2.75) is 32.1 Å². The number of aromatic nitrogens is 2. The van der Waals surface area contributed by atoms with E-state index in [1.54, 1.807) is 10.7 Å². The number of nitrogens with zero attached hydrogens (tertiary/aromatic N) is 3. The summed E-state index contributed by atoms with van der Waals surface area (Å²) in [6, 6.07) is 4.11. The minimum absolute atomic E-state index is 0.108. The Balaban J connectivity index is 1.54. The highest BCUT2D eigenvalue weighted by atomic mass is 16.3. The van der Waals surface area contributed by atoms with E-state index in [0.29, 0.717) is 12.1 Å². The van der Waals surface area contributed by atoms with E-state index < -0.39 is 0 Å². The molecule has 1 amide bonds. The van der Waals surface area contributed by atoms with Gasteiger partial charge in [-0.15, -0.1) is 0 Å². The maximum Gasteiger partial charge on any atom is 0.255 e. The molecule has 3 heterocycles. The number of hydrogen-bond donors (Lipinski definition) is 2. The molecule has 0 bridgehead atoms. The van der Waals surface area contributed by atoms with E-state index in [4.69, 9.17) is 0 Å². The fraction of sp³-hybridized carbons (Fsp3) is 0.556. The van der Waals surface area contributed by atoms with Gasteiger partial charge in [-0.25, -0.2) is 4.52 Å². The molecule has 0 aromatic carbocycles. The Hall–Kier alpha value is -2.08. The van der Waals surface area contributed by atoms with Crippen molar-refractivity contribution in [1.29, 1.82) is 0 Å². The van der Waals surface area contributed by atoms with E-state index in [1.807, 2.05) is 6.20 Å². The summed E-state index contributed by atoms with van der Waals surface area (Å²) in [5.41, 5.74) is 2.48. The van der Waals surface area contributed by atoms with E-state index in [-0.39, 0.29) is 17.9 Å². The van der Waals surface area contributed by atoms with Crippen molar-refractivity contribution in [3.63, 3.8) is 0 Å². The summed E-state index contributed by atoms with van der Waals surface area (Å²) in [7, 11) is 0. The van der Waals surface area contributed by atoms with Crippen LogP contribution in [0, 0.1) is 5.41 Å². The predicted octanol–water partition coefficient (Wildman–Crippen LogP) is 1.83. The van der Waals surface area contributed by atoms with Gasteiger partial charge in [0.2, 0.25) is 0 Å². The molecule has 6 heteroatoms. The summed E-state index contributed by atoms with van der Waals surface area (Å²) in [5, 5.41) is 16.8. The van der Waals surface area contributed by atoms with Crippen molar-refractivity contribution in [1.82, 2.24) is 14.9 Å². The van der Waals surface area contributed by atoms with Crippen molar-refractivity contribution in [3.05, 3.63) is 30.1 Å². The second kappa shape index (κ2) is 6.09. The average molecular weight is 328 g/mol. The molecule has 2 aliphatic rings. The van der Waals surface area contributed by atoms with Gasteiger partial charge in [-0.3, -0.25) is 4.79 Å². The first-order chi connectivity index (χ1) is 11.7. The lowest BCUT2D eigenvalue weighted by Gasteiger charge is -2.40. The third-order valence-electron chi connectivity index (χ3n) is 5.59. The number of hydrogen-bond acceptors (Lipinski definition) is 4. The molecule has 0 unspecified atom stereocenters. The fourth-order valence-corrected chi connectivity index (χ4v) is 3.75. The lowest BCUT2D eigenvalue weighted by molar-refractivity contribution is 0.0429. The zero-order valence-electron chi connectivity index (χ0n) is 13.9. The molecule has 2 aromatic heterocycles. The van der Waals surface area contributed by atoms with E-state index >= 15 is 0 Å². The lowest BCUT2D eigenvalue weighted by atomic mass is 9.69. The Morgan fingerprint density at radius 3 is 2.75 bits per heavy atom. The van der Waals surface area contributed by atoms with E-state index in [9.17, 15) is 9.90 Å². The number of rotatable bonds is 5. The topological polar surface area (TPSA) is 69.9 Å². The first kappa shape index (κ1) is 15.4. The van der Waals surface area contributed by atoms with Crippen molar-refractivity contribution in [2.24, 2.45) is 5.41 Å². The fourth-order valence-electron chi connectivity index (χ4n) is 3.75. The lowest BCUT2D eigenvalue weighted by Crippen LogP contribution is -2.44. The zero-order chi connectivity index (χ0) is 16.6. The molecule has 1 saturated carbocycles. The first-order valence-electron chi connectivity index (χ1n) is 8.82. The summed E-state index contributed by atoms with van der Waals surface area (Å²) >= 11 is 0. The van der Waals surface area contributed by atoms with Crippen molar-refractivity contribution in [2.75, 3.05) is 31.1 Å². The van der Waals surface area contributed by atoms with Crippen LogP contribution in [0.15, 0.2) is 24.5 Å². The van der Waals surface area contributed by atoms with Crippen LogP contribution in [0.2, 0.25) is 0 Å². The van der Waals surface area contributed by atoms with Crippen molar-refractivity contribution in [3.8, 4) is 0 Å². The van der Waals surface area contributed by atoms with E-state index in [1.165, 1.54) is 12.8 Å². The molecular weight excluding hydrogens is 304 g/mol. The van der Waals surface area contributed by atoms with Gasteiger partial charge in [-0.2, -0.15) is 5.10 Å². The van der Waals surface area contributed by atoms with Crippen molar-refractivity contribution < 1.29 is 9.90 Å². The van der Waals surface area contributed by atoms with E-state index in [0.717, 1.165) is 43.6 Å². The van der Waals surface area contributed by atoms with Crippen LogP contribution in [0.5, 0.6) is 0 Å². The van der Waals surface area contributed by atoms with Gasteiger partial charge in [0.25, 0.3) is 5.91 Å². The third kappa shape index (κ3) is 2.65. The minimum Gasteiger partial charge on any atom is -0.396 e. The van der Waals surface area contributed by atoms with Gasteiger partial charge in [0.05, 0.1) is 23.9 Å². The van der Waals surface area contributed by atoms with Crippen LogP contribution in [0.4, 0.5) is 5.69 Å². The number of nitrogens with one attached hydrogen (secondary N) is 1. The molecule has 128 valence electrons. The number of anilines is 1. The van der Waals surface area contributed by atoms with Crippen LogP contribution in [0.3, 0.4) is 0 Å². The number of carbonyl (C=O) groups excluding carboxylic acids is 1. The van der Waals surface area contributed by atoms with Crippen LogP contribution >= 0.6 is 0 Å². The molecule has 2 N–H and O–H groups in total. The van der Waals surface area contributed by atoms with E-state index in [2.05, 4.69) is 27.4 Å². The zero-order valence-corrected chi connectivity index (χ0v) is 13.9.